The molecular formula is C13H14ClFN2O5. The van der Waals surface area contributed by atoms with Gasteiger partial charge < -0.3 is 14.9 Å². The number of aromatic nitrogens is 2. The molecule has 5 atom stereocenters. The molecule has 0 spiro atoms. The van der Waals surface area contributed by atoms with Crippen molar-refractivity contribution in [2.24, 2.45) is 0 Å². The Morgan fingerprint density at radius 3 is 2.86 bits per heavy atom. The Morgan fingerprint density at radius 2 is 2.32 bits per heavy atom. The van der Waals surface area contributed by atoms with E-state index in [2.05, 4.69) is 11.8 Å². The van der Waals surface area contributed by atoms with E-state index < -0.39 is 47.3 Å². The van der Waals surface area contributed by atoms with E-state index in [1.165, 1.54) is 6.92 Å². The number of nitrogens with one attached hydrogen (secondary N) is 1. The van der Waals surface area contributed by atoms with Crippen LogP contribution in [0.5, 0.6) is 0 Å². The average Bonchev–Trinajstić information content (AvgIpc) is 2.70. The minimum atomic E-state index is -1.85. The number of nitrogens with zero attached hydrogens (tertiary/aromatic N) is 1. The molecular weight excluding hydrogens is 319 g/mol. The predicted octanol–water partition coefficient (Wildman–Crippen LogP) is -0.874. The molecule has 0 amide bonds. The molecule has 1 aliphatic heterocycles. The van der Waals surface area contributed by atoms with Crippen molar-refractivity contribution in [2.45, 2.75) is 36.3 Å². The van der Waals surface area contributed by atoms with E-state index in [9.17, 15) is 24.2 Å². The Balaban J connectivity index is 2.55. The maximum Gasteiger partial charge on any atom is 0.330 e. The number of aliphatic hydroxyl groups excluding tert-OH is 2. The second-order valence-electron chi connectivity index (χ2n) is 4.86. The number of aliphatic hydroxyl groups is 2. The van der Waals surface area contributed by atoms with E-state index in [0.717, 1.165) is 16.8 Å². The Hall–Kier alpha value is -1.66. The monoisotopic (exact) mass is 332 g/mol. The number of rotatable bonds is 2. The third-order valence-corrected chi connectivity index (χ3v) is 3.82. The van der Waals surface area contributed by atoms with Crippen LogP contribution in [0.1, 0.15) is 13.2 Å². The molecule has 2 heterocycles. The van der Waals surface area contributed by atoms with Crippen LogP contribution in [-0.4, -0.2) is 49.6 Å². The molecule has 0 aliphatic carbocycles. The van der Waals surface area contributed by atoms with Crippen LogP contribution in [0.3, 0.4) is 0 Å². The molecule has 0 aromatic carbocycles. The topological polar surface area (TPSA) is 105 Å². The summed E-state index contributed by atoms with van der Waals surface area (Å²) in [6, 6.07) is 1.06. The Morgan fingerprint density at radius 1 is 1.64 bits per heavy atom. The van der Waals surface area contributed by atoms with Crippen molar-refractivity contribution in [3.8, 4) is 11.8 Å². The van der Waals surface area contributed by atoms with Crippen molar-refractivity contribution in [1.82, 2.24) is 9.55 Å². The van der Waals surface area contributed by atoms with E-state index >= 15 is 0 Å². The Labute approximate surface area is 129 Å². The number of hydrogen-bond donors (Lipinski definition) is 3. The maximum absolute atomic E-state index is 12.3. The number of alkyl halides is 2. The van der Waals surface area contributed by atoms with Crippen LogP contribution in [0.2, 0.25) is 0 Å². The highest BCUT2D eigenvalue weighted by molar-refractivity contribution is 6.27. The Kier molecular flexibility index (Phi) is 4.72. The number of H-pyrrole nitrogens is 1. The third kappa shape index (κ3) is 2.80. The molecule has 1 aromatic rings. The molecule has 3 N–H and O–H groups in total. The minimum absolute atomic E-state index is 0.623. The largest absolute Gasteiger partial charge is 0.391 e. The van der Waals surface area contributed by atoms with Crippen molar-refractivity contribution in [3.05, 3.63) is 33.1 Å². The quantitative estimate of drug-likeness (QED) is 0.482. The normalized spacial score (nSPS) is 32.3. The van der Waals surface area contributed by atoms with Crippen molar-refractivity contribution >= 4 is 11.6 Å². The molecule has 7 nitrogen and oxygen atoms in total. The highest BCUT2D eigenvalue weighted by Crippen LogP contribution is 2.43. The third-order valence-electron chi connectivity index (χ3n) is 3.31. The van der Waals surface area contributed by atoms with Gasteiger partial charge in [-0.3, -0.25) is 14.3 Å². The lowest BCUT2D eigenvalue weighted by molar-refractivity contribution is -0.0773. The summed E-state index contributed by atoms with van der Waals surface area (Å²) in [6.07, 6.45) is -3.90. The van der Waals surface area contributed by atoms with Crippen molar-refractivity contribution in [1.29, 1.82) is 0 Å². The fraction of sp³-hybridized carbons (Fsp3) is 0.538. The van der Waals surface area contributed by atoms with Gasteiger partial charge in [-0.1, -0.05) is 23.4 Å². The summed E-state index contributed by atoms with van der Waals surface area (Å²) in [5.74, 6) is 4.43. The molecule has 0 radical (unpaired) electrons. The van der Waals surface area contributed by atoms with Gasteiger partial charge in [0.05, 0.1) is 6.10 Å². The van der Waals surface area contributed by atoms with Gasteiger partial charge in [-0.05, 0) is 6.92 Å². The van der Waals surface area contributed by atoms with Crippen molar-refractivity contribution < 1.29 is 19.3 Å². The molecule has 0 bridgehead atoms. The van der Waals surface area contributed by atoms with Crippen molar-refractivity contribution in [3.63, 3.8) is 0 Å². The van der Waals surface area contributed by atoms with Gasteiger partial charge in [0.1, 0.15) is 18.9 Å². The SMILES string of the molecule is C[C@H](O)[C@H]1O[C@@H](n2ccc(=O)[nH]c2=O)[C@@](Cl)(C#CCF)C1O. The highest BCUT2D eigenvalue weighted by atomic mass is 35.5. The van der Waals surface area contributed by atoms with E-state index in [1.54, 1.807) is 0 Å². The fourth-order valence-electron chi connectivity index (χ4n) is 2.27. The lowest BCUT2D eigenvalue weighted by atomic mass is 9.96. The number of hydrogen-bond acceptors (Lipinski definition) is 5. The first kappa shape index (κ1) is 16.7. The number of halogens is 2. The molecule has 0 saturated carbocycles. The van der Waals surface area contributed by atoms with Gasteiger partial charge in [-0.15, -0.1) is 0 Å². The van der Waals surface area contributed by atoms with Gasteiger partial charge in [0.25, 0.3) is 5.56 Å². The molecule has 1 saturated heterocycles. The van der Waals surface area contributed by atoms with Gasteiger partial charge in [0.15, 0.2) is 11.1 Å². The van der Waals surface area contributed by atoms with E-state index in [0.29, 0.717) is 0 Å². The summed E-state index contributed by atoms with van der Waals surface area (Å²) >= 11 is 6.27. The summed E-state index contributed by atoms with van der Waals surface area (Å²) in [5.41, 5.74) is -1.45. The Bertz CT molecular complexity index is 721. The molecule has 1 aromatic heterocycles. The second kappa shape index (κ2) is 6.22. The zero-order chi connectivity index (χ0) is 16.5. The van der Waals surface area contributed by atoms with Crippen LogP contribution in [0.4, 0.5) is 4.39 Å². The second-order valence-corrected chi connectivity index (χ2v) is 5.48. The smallest absolute Gasteiger partial charge is 0.330 e. The van der Waals surface area contributed by atoms with Crippen LogP contribution < -0.4 is 11.2 Å². The lowest BCUT2D eigenvalue weighted by Crippen LogP contribution is -2.45. The molecule has 2 rings (SSSR count). The molecule has 1 aliphatic rings. The standard InChI is InChI=1S/C13H14ClFN2O5/c1-7(18)9-10(20)13(14,4-2-5-15)11(22-9)17-6-3-8(19)16-12(17)21/h3,6-7,9-11,18,20H,5H2,1H3,(H,16,19,21)/t7-,9+,10?,11+,13+/m0/s1. The van der Waals surface area contributed by atoms with Gasteiger partial charge in [0, 0.05) is 12.3 Å². The highest BCUT2D eigenvalue weighted by Gasteiger charge is 2.57. The average molecular weight is 333 g/mol. The molecule has 120 valence electrons. The van der Waals surface area contributed by atoms with Crippen LogP contribution in [0.15, 0.2) is 21.9 Å². The van der Waals surface area contributed by atoms with Crippen molar-refractivity contribution in [2.75, 3.05) is 6.67 Å². The van der Waals surface area contributed by atoms with Gasteiger partial charge in [0.2, 0.25) is 0 Å². The molecule has 22 heavy (non-hydrogen) atoms. The zero-order valence-corrected chi connectivity index (χ0v) is 12.2. The first-order valence-corrected chi connectivity index (χ1v) is 6.77. The van der Waals surface area contributed by atoms with Gasteiger partial charge in [-0.2, -0.15) is 0 Å². The van der Waals surface area contributed by atoms with Gasteiger partial charge in [-0.25, -0.2) is 9.18 Å². The summed E-state index contributed by atoms with van der Waals surface area (Å²) < 4.78 is 18.7. The first-order chi connectivity index (χ1) is 10.3. The first-order valence-electron chi connectivity index (χ1n) is 6.39. The molecule has 9 heteroatoms. The van der Waals surface area contributed by atoms with Crippen LogP contribution >= 0.6 is 11.6 Å². The summed E-state index contributed by atoms with van der Waals surface area (Å²) in [4.78, 5) is 23.2. The number of ether oxygens (including phenoxy) is 1. The van der Waals surface area contributed by atoms with Crippen LogP contribution in [0.25, 0.3) is 0 Å². The predicted molar refractivity (Wildman–Crippen MR) is 75.3 cm³/mol. The zero-order valence-electron chi connectivity index (χ0n) is 11.5. The van der Waals surface area contributed by atoms with E-state index in [4.69, 9.17) is 16.3 Å². The minimum Gasteiger partial charge on any atom is -0.391 e. The van der Waals surface area contributed by atoms with Gasteiger partial charge >= 0.3 is 5.69 Å². The molecule has 1 fully saturated rings. The van der Waals surface area contributed by atoms with E-state index in [1.807, 2.05) is 4.98 Å². The summed E-state index contributed by atoms with van der Waals surface area (Å²) in [5, 5.41) is 19.9. The van der Waals surface area contributed by atoms with E-state index in [-0.39, 0.29) is 0 Å². The van der Waals surface area contributed by atoms with Crippen LogP contribution in [0, 0.1) is 11.8 Å². The summed E-state index contributed by atoms with van der Waals surface area (Å²) in [6.45, 7) is 0.361. The summed E-state index contributed by atoms with van der Waals surface area (Å²) in [7, 11) is 0. The molecule has 1 unspecified atom stereocenters. The fourth-order valence-corrected chi connectivity index (χ4v) is 2.62. The lowest BCUT2D eigenvalue weighted by Gasteiger charge is -2.25. The number of aromatic amines is 1. The maximum atomic E-state index is 12.3. The van der Waals surface area contributed by atoms with Crippen LogP contribution in [-0.2, 0) is 4.74 Å².